The van der Waals surface area contributed by atoms with E-state index in [1.807, 2.05) is 30.3 Å². The summed E-state index contributed by atoms with van der Waals surface area (Å²) in [5.74, 6) is 1.00. The number of rotatable bonds is 7. The minimum Gasteiger partial charge on any atom is -0.416 e. The zero-order valence-corrected chi connectivity index (χ0v) is 31.1. The second-order valence-electron chi connectivity index (χ2n) is 14.5. The summed E-state index contributed by atoms with van der Waals surface area (Å²) < 4.78 is 8.44. The van der Waals surface area contributed by atoms with Gasteiger partial charge in [-0.15, -0.1) is 10.2 Å². The van der Waals surface area contributed by atoms with Crippen molar-refractivity contribution < 1.29 is 4.42 Å². The van der Waals surface area contributed by atoms with Gasteiger partial charge in [-0.3, -0.25) is 0 Å². The standard InChI is InChI=1S/C52H37N3O/c1-34-8-12-36(13-9-34)38-16-20-40(21-17-38)44-26-30-49-47(32-44)48-33-45(41-22-18-39(19-23-41)37-14-10-35(2)11-15-37)27-31-50(48)55(49)46-28-24-43(25-29-46)52-54-53-51(56-52)42-6-4-3-5-7-42/h3-33H,1-2H3. The number of fused-ring (bicyclic) bond motifs is 3. The van der Waals surface area contributed by atoms with Crippen LogP contribution in [0.15, 0.2) is 192 Å². The molecule has 10 aromatic rings. The van der Waals surface area contributed by atoms with Gasteiger partial charge in [-0.2, -0.15) is 0 Å². The molecule has 0 bridgehead atoms. The van der Waals surface area contributed by atoms with E-state index in [-0.39, 0.29) is 0 Å². The summed E-state index contributed by atoms with van der Waals surface area (Å²) >= 11 is 0. The first kappa shape index (κ1) is 33.3. The number of nitrogens with zero attached hydrogens (tertiary/aromatic N) is 3. The summed E-state index contributed by atoms with van der Waals surface area (Å²) in [7, 11) is 0. The highest BCUT2D eigenvalue weighted by Crippen LogP contribution is 2.38. The molecule has 2 aromatic heterocycles. The summed E-state index contributed by atoms with van der Waals surface area (Å²) in [6, 6.07) is 67.2. The molecule has 0 fully saturated rings. The highest BCUT2D eigenvalue weighted by Gasteiger charge is 2.16. The maximum absolute atomic E-state index is 6.08. The van der Waals surface area contributed by atoms with Crippen LogP contribution in [0.5, 0.6) is 0 Å². The molecule has 0 atom stereocenters. The Kier molecular flexibility index (Phi) is 8.23. The number of hydrogen-bond acceptors (Lipinski definition) is 3. The van der Waals surface area contributed by atoms with E-state index in [1.54, 1.807) is 0 Å². The molecule has 0 amide bonds. The predicted molar refractivity (Wildman–Crippen MR) is 231 cm³/mol. The smallest absolute Gasteiger partial charge is 0.248 e. The minimum absolute atomic E-state index is 0.494. The Morgan fingerprint density at radius 3 is 1.11 bits per heavy atom. The molecule has 0 aliphatic carbocycles. The second-order valence-corrected chi connectivity index (χ2v) is 14.5. The topological polar surface area (TPSA) is 43.9 Å². The third-order valence-corrected chi connectivity index (χ3v) is 10.8. The van der Waals surface area contributed by atoms with Crippen molar-refractivity contribution >= 4 is 21.8 Å². The van der Waals surface area contributed by atoms with Gasteiger partial charge in [0, 0.05) is 27.6 Å². The van der Waals surface area contributed by atoms with Crippen molar-refractivity contribution in [3.63, 3.8) is 0 Å². The lowest BCUT2D eigenvalue weighted by Crippen LogP contribution is -1.94. The number of hydrogen-bond donors (Lipinski definition) is 0. The fourth-order valence-corrected chi connectivity index (χ4v) is 7.65. The van der Waals surface area contributed by atoms with Gasteiger partial charge in [-0.1, -0.05) is 139 Å². The highest BCUT2D eigenvalue weighted by molar-refractivity contribution is 6.11. The average molecular weight is 720 g/mol. The summed E-state index contributed by atoms with van der Waals surface area (Å²) in [6.45, 7) is 4.25. The first-order chi connectivity index (χ1) is 27.5. The van der Waals surface area contributed by atoms with Gasteiger partial charge < -0.3 is 8.98 Å². The molecule has 2 heterocycles. The van der Waals surface area contributed by atoms with Crippen LogP contribution in [0.2, 0.25) is 0 Å². The summed E-state index contributed by atoms with van der Waals surface area (Å²) in [5, 5.41) is 11.1. The summed E-state index contributed by atoms with van der Waals surface area (Å²) in [6.07, 6.45) is 0. The molecule has 0 aliphatic rings. The van der Waals surface area contributed by atoms with Crippen molar-refractivity contribution in [3.05, 3.63) is 199 Å². The van der Waals surface area contributed by atoms with E-state index in [4.69, 9.17) is 4.42 Å². The van der Waals surface area contributed by atoms with Gasteiger partial charge in [0.25, 0.3) is 0 Å². The van der Waals surface area contributed by atoms with Gasteiger partial charge >= 0.3 is 0 Å². The molecule has 0 saturated carbocycles. The molecule has 0 N–H and O–H groups in total. The van der Waals surface area contributed by atoms with Crippen molar-refractivity contribution in [2.45, 2.75) is 13.8 Å². The lowest BCUT2D eigenvalue weighted by Gasteiger charge is -2.10. The third-order valence-electron chi connectivity index (χ3n) is 10.8. The molecule has 0 radical (unpaired) electrons. The van der Waals surface area contributed by atoms with Crippen LogP contribution in [0.1, 0.15) is 11.1 Å². The average Bonchev–Trinajstić information content (AvgIpc) is 3.88. The van der Waals surface area contributed by atoms with Crippen LogP contribution < -0.4 is 0 Å². The van der Waals surface area contributed by atoms with Crippen molar-refractivity contribution in [1.82, 2.24) is 14.8 Å². The summed E-state index contributed by atoms with van der Waals surface area (Å²) in [4.78, 5) is 0. The maximum Gasteiger partial charge on any atom is 0.248 e. The molecular weight excluding hydrogens is 683 g/mol. The Bertz CT molecular complexity index is 2830. The quantitative estimate of drug-likeness (QED) is 0.165. The Labute approximate surface area is 326 Å². The Balaban J connectivity index is 1.05. The van der Waals surface area contributed by atoms with Gasteiger partial charge in [0.05, 0.1) is 11.0 Å². The molecule has 0 unspecified atom stereocenters. The fraction of sp³-hybridized carbons (Fsp3) is 0.0385. The van der Waals surface area contributed by atoms with Crippen LogP contribution in [-0.2, 0) is 0 Å². The molecular formula is C52H37N3O. The van der Waals surface area contributed by atoms with Gasteiger partial charge in [0.1, 0.15) is 0 Å². The molecule has 0 aliphatic heterocycles. The number of aryl methyl sites for hydroxylation is 2. The first-order valence-electron chi connectivity index (χ1n) is 19.0. The maximum atomic E-state index is 6.08. The predicted octanol–water partition coefficient (Wildman–Crippen LogP) is 13.8. The van der Waals surface area contributed by atoms with Crippen molar-refractivity contribution in [3.8, 4) is 73.1 Å². The largest absolute Gasteiger partial charge is 0.416 e. The third kappa shape index (κ3) is 6.17. The molecule has 266 valence electrons. The van der Waals surface area contributed by atoms with E-state index >= 15 is 0 Å². The van der Waals surface area contributed by atoms with E-state index in [0.29, 0.717) is 11.8 Å². The van der Waals surface area contributed by atoms with Gasteiger partial charge in [0.15, 0.2) is 0 Å². The zero-order valence-electron chi connectivity index (χ0n) is 31.1. The lowest BCUT2D eigenvalue weighted by atomic mass is 9.97. The lowest BCUT2D eigenvalue weighted by molar-refractivity contribution is 0.584. The van der Waals surface area contributed by atoms with Crippen molar-refractivity contribution in [2.24, 2.45) is 0 Å². The normalized spacial score (nSPS) is 11.4. The summed E-state index contributed by atoms with van der Waals surface area (Å²) in [5.41, 5.74) is 17.2. The van der Waals surface area contributed by atoms with E-state index in [1.165, 1.54) is 66.4 Å². The SMILES string of the molecule is Cc1ccc(-c2ccc(-c3ccc4c(c3)c3cc(-c5ccc(-c6ccc(C)cc6)cc5)ccc3n4-c3ccc(-c4nnc(-c5ccccc5)o4)cc3)cc2)cc1. The highest BCUT2D eigenvalue weighted by atomic mass is 16.4. The minimum atomic E-state index is 0.494. The molecule has 4 heteroatoms. The van der Waals surface area contributed by atoms with E-state index in [9.17, 15) is 0 Å². The molecule has 10 rings (SSSR count). The Hall–Kier alpha value is -7.30. The van der Waals surface area contributed by atoms with Gasteiger partial charge in [-0.05, 0) is 119 Å². The first-order valence-corrected chi connectivity index (χ1v) is 19.0. The number of benzene rings is 8. The van der Waals surface area contributed by atoms with Crippen LogP contribution in [0.25, 0.3) is 94.9 Å². The van der Waals surface area contributed by atoms with Crippen LogP contribution >= 0.6 is 0 Å². The van der Waals surface area contributed by atoms with E-state index in [2.05, 4.69) is 186 Å². The van der Waals surface area contributed by atoms with Crippen LogP contribution in [0.3, 0.4) is 0 Å². The molecule has 56 heavy (non-hydrogen) atoms. The molecule has 0 saturated heterocycles. The Morgan fingerprint density at radius 2 is 0.679 bits per heavy atom. The van der Waals surface area contributed by atoms with Crippen LogP contribution in [0.4, 0.5) is 0 Å². The van der Waals surface area contributed by atoms with Crippen molar-refractivity contribution in [2.75, 3.05) is 0 Å². The number of aromatic nitrogens is 3. The van der Waals surface area contributed by atoms with Gasteiger partial charge in [-0.25, -0.2) is 0 Å². The van der Waals surface area contributed by atoms with Crippen LogP contribution in [-0.4, -0.2) is 14.8 Å². The fourth-order valence-electron chi connectivity index (χ4n) is 7.65. The van der Waals surface area contributed by atoms with E-state index in [0.717, 1.165) is 27.8 Å². The second kappa shape index (κ2) is 13.8. The van der Waals surface area contributed by atoms with Crippen LogP contribution in [0, 0.1) is 13.8 Å². The van der Waals surface area contributed by atoms with E-state index < -0.39 is 0 Å². The monoisotopic (exact) mass is 719 g/mol. The van der Waals surface area contributed by atoms with Gasteiger partial charge in [0.2, 0.25) is 11.8 Å². The molecule has 4 nitrogen and oxygen atoms in total. The van der Waals surface area contributed by atoms with Crippen molar-refractivity contribution in [1.29, 1.82) is 0 Å². The molecule has 0 spiro atoms. The molecule has 8 aromatic carbocycles. The Morgan fingerprint density at radius 1 is 0.339 bits per heavy atom. The zero-order chi connectivity index (χ0) is 37.6.